The van der Waals surface area contributed by atoms with Crippen molar-refractivity contribution in [1.29, 1.82) is 0 Å². The summed E-state index contributed by atoms with van der Waals surface area (Å²) in [5, 5.41) is 14.7. The molecule has 6 nitrogen and oxygen atoms in total. The third-order valence-electron chi connectivity index (χ3n) is 2.36. The van der Waals surface area contributed by atoms with Crippen LogP contribution in [0.15, 0.2) is 24.3 Å². The van der Waals surface area contributed by atoms with Gasteiger partial charge in [-0.3, -0.25) is 14.8 Å². The van der Waals surface area contributed by atoms with Gasteiger partial charge in [0, 0.05) is 19.2 Å². The standard InChI is InChI=1S/C10H9FN4O2/c1-14-9(12)5-7(13-14)10-6(11)3-2-4-8(10)15(16)17/h2-5H,12H2,1H3. The fraction of sp³-hybridized carbons (Fsp3) is 0.100. The van der Waals surface area contributed by atoms with E-state index in [0.29, 0.717) is 5.82 Å². The Morgan fingerprint density at radius 1 is 1.53 bits per heavy atom. The molecule has 0 amide bonds. The Balaban J connectivity index is 2.69. The molecule has 0 atom stereocenters. The molecule has 0 bridgehead atoms. The zero-order valence-electron chi connectivity index (χ0n) is 8.92. The molecule has 0 aliphatic carbocycles. The van der Waals surface area contributed by atoms with Crippen LogP contribution in [0, 0.1) is 15.9 Å². The van der Waals surface area contributed by atoms with Gasteiger partial charge in [0.15, 0.2) is 0 Å². The van der Waals surface area contributed by atoms with E-state index in [2.05, 4.69) is 5.10 Å². The molecule has 0 spiro atoms. The Labute approximate surface area is 95.6 Å². The average Bonchev–Trinajstić information content (AvgIpc) is 2.58. The Morgan fingerprint density at radius 2 is 2.24 bits per heavy atom. The molecule has 0 aliphatic heterocycles. The number of halogens is 1. The predicted octanol–water partition coefficient (Wildman–Crippen LogP) is 1.72. The van der Waals surface area contributed by atoms with Crippen LogP contribution in [0.1, 0.15) is 0 Å². The highest BCUT2D eigenvalue weighted by Gasteiger charge is 2.21. The van der Waals surface area contributed by atoms with E-state index in [9.17, 15) is 14.5 Å². The van der Waals surface area contributed by atoms with Crippen molar-refractivity contribution >= 4 is 11.5 Å². The molecule has 0 saturated heterocycles. The van der Waals surface area contributed by atoms with Gasteiger partial charge in [0.05, 0.1) is 4.92 Å². The maximum atomic E-state index is 13.6. The van der Waals surface area contributed by atoms with Gasteiger partial charge in [-0.05, 0) is 6.07 Å². The molecule has 2 aromatic rings. The summed E-state index contributed by atoms with van der Waals surface area (Å²) in [6.07, 6.45) is 0. The maximum Gasteiger partial charge on any atom is 0.281 e. The minimum Gasteiger partial charge on any atom is -0.384 e. The molecule has 2 rings (SSSR count). The van der Waals surface area contributed by atoms with Crippen LogP contribution in [0.3, 0.4) is 0 Å². The Kier molecular flexibility index (Phi) is 2.51. The summed E-state index contributed by atoms with van der Waals surface area (Å²) < 4.78 is 15.0. The number of aromatic nitrogens is 2. The molecule has 2 N–H and O–H groups in total. The van der Waals surface area contributed by atoms with Gasteiger partial charge in [0.1, 0.15) is 22.9 Å². The molecule has 88 valence electrons. The van der Waals surface area contributed by atoms with Crippen molar-refractivity contribution in [3.63, 3.8) is 0 Å². The highest BCUT2D eigenvalue weighted by molar-refractivity contribution is 5.72. The largest absolute Gasteiger partial charge is 0.384 e. The molecule has 17 heavy (non-hydrogen) atoms. The zero-order chi connectivity index (χ0) is 12.6. The minimum absolute atomic E-state index is 0.148. The smallest absolute Gasteiger partial charge is 0.281 e. The number of rotatable bonds is 2. The van der Waals surface area contributed by atoms with Crippen LogP contribution in [-0.2, 0) is 7.05 Å². The van der Waals surface area contributed by atoms with Crippen LogP contribution in [0.25, 0.3) is 11.3 Å². The monoisotopic (exact) mass is 236 g/mol. The number of nitrogens with two attached hydrogens (primary N) is 1. The fourth-order valence-electron chi connectivity index (χ4n) is 1.52. The molecule has 1 heterocycles. The first-order valence-corrected chi connectivity index (χ1v) is 4.73. The molecule has 0 aliphatic rings. The van der Waals surface area contributed by atoms with E-state index >= 15 is 0 Å². The number of benzene rings is 1. The van der Waals surface area contributed by atoms with Gasteiger partial charge in [-0.15, -0.1) is 0 Å². The molecule has 1 aromatic heterocycles. The van der Waals surface area contributed by atoms with Crippen LogP contribution >= 0.6 is 0 Å². The van der Waals surface area contributed by atoms with Crippen molar-refractivity contribution in [2.45, 2.75) is 0 Å². The number of hydrogen-bond acceptors (Lipinski definition) is 4. The van der Waals surface area contributed by atoms with Crippen molar-refractivity contribution < 1.29 is 9.31 Å². The highest BCUT2D eigenvalue weighted by Crippen LogP contribution is 2.31. The van der Waals surface area contributed by atoms with Crippen molar-refractivity contribution in [2.75, 3.05) is 5.73 Å². The van der Waals surface area contributed by atoms with Gasteiger partial charge < -0.3 is 5.73 Å². The molecule has 7 heteroatoms. The maximum absolute atomic E-state index is 13.6. The van der Waals surface area contributed by atoms with Crippen LogP contribution in [0.2, 0.25) is 0 Å². The minimum atomic E-state index is -0.697. The molecule has 1 aromatic carbocycles. The van der Waals surface area contributed by atoms with Crippen molar-refractivity contribution in [3.05, 3.63) is 40.2 Å². The Hall–Kier alpha value is -2.44. The SMILES string of the molecule is Cn1nc(-c2c(F)cccc2[N+](=O)[O-])cc1N. The van der Waals surface area contributed by atoms with Gasteiger partial charge in [0.2, 0.25) is 0 Å². The number of aryl methyl sites for hydroxylation is 1. The van der Waals surface area contributed by atoms with Crippen LogP contribution in [-0.4, -0.2) is 14.7 Å². The van der Waals surface area contributed by atoms with E-state index in [-0.39, 0.29) is 16.9 Å². The number of nitrogens with zero attached hydrogens (tertiary/aromatic N) is 3. The molecular formula is C10H9FN4O2. The van der Waals surface area contributed by atoms with Gasteiger partial charge in [0.25, 0.3) is 5.69 Å². The van der Waals surface area contributed by atoms with Crippen LogP contribution in [0.5, 0.6) is 0 Å². The van der Waals surface area contributed by atoms with E-state index in [1.165, 1.54) is 22.9 Å². The third kappa shape index (κ3) is 1.82. The summed E-state index contributed by atoms with van der Waals surface area (Å²) in [7, 11) is 1.57. The normalized spacial score (nSPS) is 10.5. The number of hydrogen-bond donors (Lipinski definition) is 1. The summed E-state index contributed by atoms with van der Waals surface area (Å²) in [5.41, 5.74) is 5.23. The number of nitro groups is 1. The van der Waals surface area contributed by atoms with Gasteiger partial charge in [-0.25, -0.2) is 4.39 Å². The average molecular weight is 236 g/mol. The number of nitro benzene ring substituents is 1. The van der Waals surface area contributed by atoms with E-state index < -0.39 is 10.7 Å². The van der Waals surface area contributed by atoms with Gasteiger partial charge in [-0.2, -0.15) is 5.10 Å². The van der Waals surface area contributed by atoms with Crippen molar-refractivity contribution in [2.24, 2.45) is 7.05 Å². The lowest BCUT2D eigenvalue weighted by atomic mass is 10.1. The molecule has 0 unspecified atom stereocenters. The highest BCUT2D eigenvalue weighted by atomic mass is 19.1. The Morgan fingerprint density at radius 3 is 2.76 bits per heavy atom. The first kappa shape index (κ1) is 11.1. The molecule has 0 radical (unpaired) electrons. The lowest BCUT2D eigenvalue weighted by Gasteiger charge is -2.00. The van der Waals surface area contributed by atoms with Gasteiger partial charge in [-0.1, -0.05) is 6.07 Å². The quantitative estimate of drug-likeness (QED) is 0.635. The van der Waals surface area contributed by atoms with Crippen molar-refractivity contribution in [1.82, 2.24) is 9.78 Å². The van der Waals surface area contributed by atoms with E-state index in [1.54, 1.807) is 7.05 Å². The van der Waals surface area contributed by atoms with Gasteiger partial charge >= 0.3 is 0 Å². The van der Waals surface area contributed by atoms with E-state index in [4.69, 9.17) is 5.73 Å². The summed E-state index contributed by atoms with van der Waals surface area (Å²) >= 11 is 0. The number of nitrogen functional groups attached to an aromatic ring is 1. The fourth-order valence-corrected chi connectivity index (χ4v) is 1.52. The van der Waals surface area contributed by atoms with Crippen LogP contribution in [0.4, 0.5) is 15.9 Å². The van der Waals surface area contributed by atoms with E-state index in [1.807, 2.05) is 0 Å². The second-order valence-corrected chi connectivity index (χ2v) is 3.47. The molecule has 0 fully saturated rings. The topological polar surface area (TPSA) is 87.0 Å². The van der Waals surface area contributed by atoms with Crippen LogP contribution < -0.4 is 5.73 Å². The Bertz CT molecular complexity index is 574. The predicted molar refractivity (Wildman–Crippen MR) is 59.7 cm³/mol. The zero-order valence-corrected chi connectivity index (χ0v) is 8.92. The number of anilines is 1. The second kappa shape index (κ2) is 3.85. The summed E-state index contributed by atoms with van der Waals surface area (Å²) in [6, 6.07) is 5.05. The summed E-state index contributed by atoms with van der Waals surface area (Å²) in [5.74, 6) is -0.394. The lowest BCUT2D eigenvalue weighted by Crippen LogP contribution is -1.98. The lowest BCUT2D eigenvalue weighted by molar-refractivity contribution is -0.384. The third-order valence-corrected chi connectivity index (χ3v) is 2.36. The first-order valence-electron chi connectivity index (χ1n) is 4.73. The second-order valence-electron chi connectivity index (χ2n) is 3.47. The molecule has 0 saturated carbocycles. The van der Waals surface area contributed by atoms with E-state index in [0.717, 1.165) is 6.07 Å². The summed E-state index contributed by atoms with van der Waals surface area (Å²) in [6.45, 7) is 0. The molecular weight excluding hydrogens is 227 g/mol. The van der Waals surface area contributed by atoms with Crippen molar-refractivity contribution in [3.8, 4) is 11.3 Å². The first-order chi connectivity index (χ1) is 8.00. The summed E-state index contributed by atoms with van der Waals surface area (Å²) in [4.78, 5) is 10.2.